The van der Waals surface area contributed by atoms with E-state index in [-0.39, 0.29) is 29.5 Å². The molecule has 1 aromatic heterocycles. The number of hydrogen-bond acceptors (Lipinski definition) is 6. The summed E-state index contributed by atoms with van der Waals surface area (Å²) in [4.78, 5) is 32.6. The quantitative estimate of drug-likeness (QED) is 0.749. The minimum atomic E-state index is -0.325. The van der Waals surface area contributed by atoms with Gasteiger partial charge in [-0.05, 0) is 36.8 Å². The third-order valence-electron chi connectivity index (χ3n) is 5.49. The molecule has 0 N–H and O–H groups in total. The molecule has 2 amide bonds. The molecule has 0 aromatic carbocycles. The van der Waals surface area contributed by atoms with E-state index in [0.717, 1.165) is 12.8 Å². The van der Waals surface area contributed by atoms with E-state index in [0.29, 0.717) is 38.0 Å². The van der Waals surface area contributed by atoms with Crippen LogP contribution >= 0.6 is 0 Å². The maximum atomic E-state index is 13.0. The number of rotatable bonds is 3. The lowest BCUT2D eigenvalue weighted by molar-refractivity contribution is -0.147. The molecular weight excluding hydrogens is 348 g/mol. The molecule has 0 unspecified atom stereocenters. The summed E-state index contributed by atoms with van der Waals surface area (Å²) in [5.74, 6) is 0.217. The van der Waals surface area contributed by atoms with Crippen molar-refractivity contribution in [1.82, 2.24) is 9.88 Å². The predicted molar refractivity (Wildman–Crippen MR) is 96.9 cm³/mol. The normalized spacial score (nSPS) is 22.9. The molecule has 3 heterocycles. The van der Waals surface area contributed by atoms with Crippen LogP contribution in [0.5, 0.6) is 0 Å². The molecule has 8 heteroatoms. The first-order chi connectivity index (χ1) is 13.0. The number of likely N-dealkylation sites (tertiary alicyclic amines) is 1. The molecule has 2 aliphatic heterocycles. The van der Waals surface area contributed by atoms with E-state index in [1.807, 2.05) is 6.07 Å². The molecule has 0 saturated carbocycles. The number of anilines is 1. The van der Waals surface area contributed by atoms with Gasteiger partial charge in [-0.15, -0.1) is 0 Å². The highest BCUT2D eigenvalue weighted by Gasteiger charge is 2.45. The zero-order chi connectivity index (χ0) is 19.4. The Morgan fingerprint density at radius 3 is 2.74 bits per heavy atom. The molecule has 27 heavy (non-hydrogen) atoms. The summed E-state index contributed by atoms with van der Waals surface area (Å²) in [6, 6.07) is 6.70. The van der Waals surface area contributed by atoms with Crippen molar-refractivity contribution in [2.24, 2.45) is 17.8 Å². The Labute approximate surface area is 158 Å². The summed E-state index contributed by atoms with van der Waals surface area (Å²) < 4.78 is 10.4. The zero-order valence-corrected chi connectivity index (χ0v) is 15.6. The van der Waals surface area contributed by atoms with E-state index >= 15 is 0 Å². The highest BCUT2D eigenvalue weighted by molar-refractivity contribution is 5.91. The van der Waals surface area contributed by atoms with Crippen LogP contribution < -0.4 is 4.90 Å². The van der Waals surface area contributed by atoms with Crippen LogP contribution in [0.2, 0.25) is 0 Å². The van der Waals surface area contributed by atoms with Gasteiger partial charge in [0.2, 0.25) is 0 Å². The molecule has 2 aliphatic rings. The van der Waals surface area contributed by atoms with Crippen LogP contribution in [0.3, 0.4) is 0 Å². The first-order valence-electron chi connectivity index (χ1n) is 9.10. The van der Waals surface area contributed by atoms with Gasteiger partial charge in [-0.3, -0.25) is 9.69 Å². The molecule has 0 radical (unpaired) electrons. The van der Waals surface area contributed by atoms with Crippen LogP contribution in [0, 0.1) is 29.1 Å². The number of aromatic nitrogens is 1. The largest absolute Gasteiger partial charge is 0.469 e. The van der Waals surface area contributed by atoms with Crippen molar-refractivity contribution in [2.45, 2.75) is 12.8 Å². The van der Waals surface area contributed by atoms with Gasteiger partial charge in [0.05, 0.1) is 13.0 Å². The van der Waals surface area contributed by atoms with Gasteiger partial charge in [0.25, 0.3) is 0 Å². The Balaban J connectivity index is 1.76. The molecule has 0 aliphatic carbocycles. The Bertz CT molecular complexity index is 741. The van der Waals surface area contributed by atoms with E-state index in [1.54, 1.807) is 30.1 Å². The van der Waals surface area contributed by atoms with Crippen molar-refractivity contribution in [2.75, 3.05) is 45.4 Å². The van der Waals surface area contributed by atoms with Crippen molar-refractivity contribution in [3.05, 3.63) is 23.9 Å². The summed E-state index contributed by atoms with van der Waals surface area (Å²) in [6.45, 7) is 2.21. The fourth-order valence-electron chi connectivity index (χ4n) is 3.99. The summed E-state index contributed by atoms with van der Waals surface area (Å²) in [5.41, 5.74) is 0.251. The molecule has 8 nitrogen and oxygen atoms in total. The van der Waals surface area contributed by atoms with Crippen molar-refractivity contribution < 1.29 is 19.1 Å². The molecule has 144 valence electrons. The van der Waals surface area contributed by atoms with Crippen LogP contribution in [0.25, 0.3) is 0 Å². The van der Waals surface area contributed by atoms with Crippen molar-refractivity contribution in [1.29, 1.82) is 5.26 Å². The molecule has 1 aromatic rings. The van der Waals surface area contributed by atoms with Gasteiger partial charge >= 0.3 is 12.0 Å². The number of amides is 2. The summed E-state index contributed by atoms with van der Waals surface area (Å²) in [5, 5.41) is 9.01. The molecule has 0 spiro atoms. The van der Waals surface area contributed by atoms with Crippen LogP contribution in [0.15, 0.2) is 18.2 Å². The highest BCUT2D eigenvalue weighted by Crippen LogP contribution is 2.36. The number of ether oxygens (including phenoxy) is 2. The van der Waals surface area contributed by atoms with Crippen LogP contribution in [0.4, 0.5) is 10.6 Å². The van der Waals surface area contributed by atoms with E-state index in [1.165, 1.54) is 12.0 Å². The van der Waals surface area contributed by atoms with Gasteiger partial charge in [0.1, 0.15) is 17.6 Å². The summed E-state index contributed by atoms with van der Waals surface area (Å²) in [7, 11) is 3.01. The zero-order valence-electron chi connectivity index (χ0n) is 15.6. The van der Waals surface area contributed by atoms with E-state index in [4.69, 9.17) is 14.7 Å². The van der Waals surface area contributed by atoms with Crippen molar-refractivity contribution >= 4 is 17.8 Å². The molecular formula is C19H24N4O4. The Morgan fingerprint density at radius 2 is 2.07 bits per heavy atom. The number of pyridine rings is 1. The SMILES string of the molecule is COC(=O)[C@@H]1CN(C(=O)N(C)c2cccc(C#N)n2)C[C@H]1C1CCOCC1. The molecule has 0 bridgehead atoms. The average molecular weight is 372 g/mol. The minimum absolute atomic E-state index is 0.0668. The number of nitrogens with zero attached hydrogens (tertiary/aromatic N) is 4. The van der Waals surface area contributed by atoms with Crippen LogP contribution in [-0.4, -0.2) is 62.3 Å². The topological polar surface area (TPSA) is 95.8 Å². The average Bonchev–Trinajstić information content (AvgIpc) is 3.18. The van der Waals surface area contributed by atoms with Gasteiger partial charge in [0.15, 0.2) is 0 Å². The number of methoxy groups -OCH3 is 1. The van der Waals surface area contributed by atoms with Crippen LogP contribution in [0.1, 0.15) is 18.5 Å². The maximum absolute atomic E-state index is 13.0. The first kappa shape index (κ1) is 19.1. The predicted octanol–water partition coefficient (Wildman–Crippen LogP) is 1.66. The van der Waals surface area contributed by atoms with E-state index in [2.05, 4.69) is 4.98 Å². The summed E-state index contributed by atoms with van der Waals surface area (Å²) in [6.07, 6.45) is 1.78. The van der Waals surface area contributed by atoms with Gasteiger partial charge in [-0.2, -0.15) is 5.26 Å². The molecule has 2 saturated heterocycles. The van der Waals surface area contributed by atoms with Gasteiger partial charge in [-0.1, -0.05) is 6.07 Å². The number of urea groups is 1. The second-order valence-corrected chi connectivity index (χ2v) is 6.98. The third kappa shape index (κ3) is 4.03. The lowest BCUT2D eigenvalue weighted by atomic mass is 9.79. The second-order valence-electron chi connectivity index (χ2n) is 6.98. The molecule has 2 atom stereocenters. The van der Waals surface area contributed by atoms with Crippen molar-refractivity contribution in [3.63, 3.8) is 0 Å². The van der Waals surface area contributed by atoms with Gasteiger partial charge < -0.3 is 14.4 Å². The van der Waals surface area contributed by atoms with Gasteiger partial charge in [0, 0.05) is 33.4 Å². The Hall–Kier alpha value is -2.66. The maximum Gasteiger partial charge on any atom is 0.325 e. The van der Waals surface area contributed by atoms with E-state index in [9.17, 15) is 9.59 Å². The monoisotopic (exact) mass is 372 g/mol. The molecule has 2 fully saturated rings. The highest BCUT2D eigenvalue weighted by atomic mass is 16.5. The smallest absolute Gasteiger partial charge is 0.325 e. The summed E-state index contributed by atoms with van der Waals surface area (Å²) >= 11 is 0. The standard InChI is InChI=1S/C19H24N4O4/c1-22(17-5-3-4-14(10-20)21-17)19(25)23-11-15(13-6-8-27-9-7-13)16(12-23)18(24)26-2/h3-5,13,15-16H,6-9,11-12H2,1-2H3/t15-,16+/m0/s1. The minimum Gasteiger partial charge on any atom is -0.469 e. The second kappa shape index (κ2) is 8.35. The number of esters is 1. The lowest BCUT2D eigenvalue weighted by Gasteiger charge is -2.30. The number of hydrogen-bond donors (Lipinski definition) is 0. The Kier molecular flexibility index (Phi) is 5.91. The fraction of sp³-hybridized carbons (Fsp3) is 0.579. The van der Waals surface area contributed by atoms with Gasteiger partial charge in [-0.25, -0.2) is 9.78 Å². The molecule has 3 rings (SSSR count). The van der Waals surface area contributed by atoms with Crippen molar-refractivity contribution in [3.8, 4) is 6.07 Å². The van der Waals surface area contributed by atoms with Crippen LogP contribution in [-0.2, 0) is 14.3 Å². The Morgan fingerprint density at radius 1 is 1.33 bits per heavy atom. The first-order valence-corrected chi connectivity index (χ1v) is 9.10. The van der Waals surface area contributed by atoms with E-state index < -0.39 is 0 Å². The number of nitriles is 1. The third-order valence-corrected chi connectivity index (χ3v) is 5.49. The lowest BCUT2D eigenvalue weighted by Crippen LogP contribution is -2.41. The fourth-order valence-corrected chi connectivity index (χ4v) is 3.99. The number of carbonyl (C=O) groups excluding carboxylic acids is 2. The number of carbonyl (C=O) groups is 2.